The fraction of sp³-hybridized carbons (Fsp3) is 0.538. The van der Waals surface area contributed by atoms with Crippen LogP contribution in [0.3, 0.4) is 0 Å². The van der Waals surface area contributed by atoms with E-state index < -0.39 is 0 Å². The third-order valence-electron chi connectivity index (χ3n) is 2.09. The first-order valence-corrected chi connectivity index (χ1v) is 6.77. The number of hydrogen-bond acceptors (Lipinski definition) is 2. The molecule has 0 amide bonds. The van der Waals surface area contributed by atoms with Crippen LogP contribution in [0, 0.1) is 5.92 Å². The van der Waals surface area contributed by atoms with Crippen LogP contribution in [0.4, 0.5) is 0 Å². The molecule has 84 valence electrons. The van der Waals surface area contributed by atoms with E-state index in [9.17, 15) is 0 Å². The molecule has 0 aliphatic rings. The summed E-state index contributed by atoms with van der Waals surface area (Å²) in [7, 11) is 0. The summed E-state index contributed by atoms with van der Waals surface area (Å²) in [5.74, 6) is 3.08. The number of thioether (sulfide) groups is 1. The molecule has 1 nitrogen and oxygen atoms in total. The molecule has 0 fully saturated rings. The molecule has 0 saturated heterocycles. The van der Waals surface area contributed by atoms with Crippen LogP contribution in [-0.4, -0.2) is 18.8 Å². The molecule has 1 N–H and O–H groups in total. The number of hydrogen-bond donors (Lipinski definition) is 1. The van der Waals surface area contributed by atoms with Gasteiger partial charge in [-0.1, -0.05) is 44.2 Å². The van der Waals surface area contributed by atoms with E-state index >= 15 is 0 Å². The monoisotopic (exact) mass is 223 g/mol. The minimum absolute atomic E-state index is 0.754. The summed E-state index contributed by atoms with van der Waals surface area (Å²) in [4.78, 5) is 0. The molecule has 1 aromatic carbocycles. The average molecular weight is 223 g/mol. The molecular formula is C13H21NS. The lowest BCUT2D eigenvalue weighted by Gasteiger charge is -2.06. The van der Waals surface area contributed by atoms with Gasteiger partial charge in [-0.2, -0.15) is 11.8 Å². The van der Waals surface area contributed by atoms with Gasteiger partial charge in [0.05, 0.1) is 0 Å². The summed E-state index contributed by atoms with van der Waals surface area (Å²) < 4.78 is 0. The summed E-state index contributed by atoms with van der Waals surface area (Å²) in [6, 6.07) is 10.7. The van der Waals surface area contributed by atoms with E-state index in [1.54, 1.807) is 0 Å². The Balaban J connectivity index is 1.98. The van der Waals surface area contributed by atoms with Crippen molar-refractivity contribution in [3.63, 3.8) is 0 Å². The van der Waals surface area contributed by atoms with E-state index in [2.05, 4.69) is 49.5 Å². The van der Waals surface area contributed by atoms with Gasteiger partial charge in [0.1, 0.15) is 0 Å². The van der Waals surface area contributed by atoms with Crippen molar-refractivity contribution in [1.82, 2.24) is 5.32 Å². The molecule has 0 heterocycles. The van der Waals surface area contributed by atoms with Crippen molar-refractivity contribution in [2.45, 2.75) is 19.6 Å². The SMILES string of the molecule is CC(C)CNCCSCc1ccccc1. The molecule has 1 aromatic rings. The summed E-state index contributed by atoms with van der Waals surface area (Å²) in [5.41, 5.74) is 1.42. The highest BCUT2D eigenvalue weighted by atomic mass is 32.2. The van der Waals surface area contributed by atoms with E-state index in [0.717, 1.165) is 24.8 Å². The second-order valence-electron chi connectivity index (χ2n) is 4.14. The topological polar surface area (TPSA) is 12.0 Å². The van der Waals surface area contributed by atoms with E-state index in [0.29, 0.717) is 0 Å². The van der Waals surface area contributed by atoms with Gasteiger partial charge in [0.2, 0.25) is 0 Å². The maximum Gasteiger partial charge on any atom is 0.0185 e. The number of nitrogens with one attached hydrogen (secondary N) is 1. The summed E-state index contributed by atoms with van der Waals surface area (Å²) in [6.45, 7) is 6.73. The molecular weight excluding hydrogens is 202 g/mol. The van der Waals surface area contributed by atoms with Crippen molar-refractivity contribution in [3.8, 4) is 0 Å². The third kappa shape index (κ3) is 6.58. The minimum atomic E-state index is 0.754. The Morgan fingerprint density at radius 3 is 2.60 bits per heavy atom. The zero-order chi connectivity index (χ0) is 10.9. The van der Waals surface area contributed by atoms with Gasteiger partial charge in [-0.25, -0.2) is 0 Å². The Kier molecular flexibility index (Phi) is 6.53. The van der Waals surface area contributed by atoms with Crippen molar-refractivity contribution in [2.24, 2.45) is 5.92 Å². The zero-order valence-corrected chi connectivity index (χ0v) is 10.5. The molecule has 0 aliphatic carbocycles. The van der Waals surface area contributed by atoms with Crippen LogP contribution in [0.25, 0.3) is 0 Å². The maximum absolute atomic E-state index is 3.45. The molecule has 1 rings (SSSR count). The van der Waals surface area contributed by atoms with Crippen molar-refractivity contribution in [3.05, 3.63) is 35.9 Å². The van der Waals surface area contributed by atoms with Crippen molar-refractivity contribution in [1.29, 1.82) is 0 Å². The normalized spacial score (nSPS) is 10.9. The second-order valence-corrected chi connectivity index (χ2v) is 5.24. The first kappa shape index (κ1) is 12.6. The zero-order valence-electron chi connectivity index (χ0n) is 9.70. The molecule has 15 heavy (non-hydrogen) atoms. The van der Waals surface area contributed by atoms with E-state index in [1.165, 1.54) is 11.3 Å². The second kappa shape index (κ2) is 7.77. The average Bonchev–Trinajstić information content (AvgIpc) is 2.24. The highest BCUT2D eigenvalue weighted by Gasteiger charge is 1.94. The van der Waals surface area contributed by atoms with Gasteiger partial charge < -0.3 is 5.32 Å². The lowest BCUT2D eigenvalue weighted by molar-refractivity contribution is 0.568. The predicted molar refractivity (Wildman–Crippen MR) is 70.3 cm³/mol. The lowest BCUT2D eigenvalue weighted by atomic mass is 10.2. The Labute approximate surface area is 97.7 Å². The summed E-state index contributed by atoms with van der Waals surface area (Å²) in [5, 5.41) is 3.45. The number of benzene rings is 1. The van der Waals surface area contributed by atoms with Gasteiger partial charge in [-0.05, 0) is 18.0 Å². The van der Waals surface area contributed by atoms with Crippen LogP contribution in [0.15, 0.2) is 30.3 Å². The Morgan fingerprint density at radius 2 is 1.93 bits per heavy atom. The standard InChI is InChI=1S/C13H21NS/c1-12(2)10-14-8-9-15-11-13-6-4-3-5-7-13/h3-7,12,14H,8-11H2,1-2H3. The predicted octanol–water partition coefficient (Wildman–Crippen LogP) is 3.17. The molecule has 0 bridgehead atoms. The van der Waals surface area contributed by atoms with Crippen LogP contribution in [0.5, 0.6) is 0 Å². The van der Waals surface area contributed by atoms with Crippen molar-refractivity contribution in [2.75, 3.05) is 18.8 Å². The van der Waals surface area contributed by atoms with E-state index in [4.69, 9.17) is 0 Å². The van der Waals surface area contributed by atoms with Crippen LogP contribution >= 0.6 is 11.8 Å². The van der Waals surface area contributed by atoms with Crippen LogP contribution in [0.2, 0.25) is 0 Å². The Morgan fingerprint density at radius 1 is 1.20 bits per heavy atom. The van der Waals surface area contributed by atoms with Crippen molar-refractivity contribution < 1.29 is 0 Å². The first-order valence-electron chi connectivity index (χ1n) is 5.61. The van der Waals surface area contributed by atoms with Crippen LogP contribution < -0.4 is 5.32 Å². The molecule has 0 radical (unpaired) electrons. The Bertz CT molecular complexity index is 246. The summed E-state index contributed by atoms with van der Waals surface area (Å²) in [6.07, 6.45) is 0. The van der Waals surface area contributed by atoms with Crippen molar-refractivity contribution >= 4 is 11.8 Å². The van der Waals surface area contributed by atoms with Crippen LogP contribution in [-0.2, 0) is 5.75 Å². The fourth-order valence-corrected chi connectivity index (χ4v) is 2.16. The van der Waals surface area contributed by atoms with Gasteiger partial charge >= 0.3 is 0 Å². The van der Waals surface area contributed by atoms with Gasteiger partial charge in [-0.3, -0.25) is 0 Å². The largest absolute Gasteiger partial charge is 0.316 e. The van der Waals surface area contributed by atoms with E-state index in [1.807, 2.05) is 11.8 Å². The van der Waals surface area contributed by atoms with Gasteiger partial charge in [0, 0.05) is 18.1 Å². The quantitative estimate of drug-likeness (QED) is 0.713. The highest BCUT2D eigenvalue weighted by Crippen LogP contribution is 2.10. The molecule has 0 spiro atoms. The molecule has 0 aromatic heterocycles. The smallest absolute Gasteiger partial charge is 0.0185 e. The fourth-order valence-electron chi connectivity index (χ4n) is 1.30. The van der Waals surface area contributed by atoms with Gasteiger partial charge in [0.25, 0.3) is 0 Å². The van der Waals surface area contributed by atoms with Crippen LogP contribution in [0.1, 0.15) is 19.4 Å². The van der Waals surface area contributed by atoms with E-state index in [-0.39, 0.29) is 0 Å². The van der Waals surface area contributed by atoms with Gasteiger partial charge in [-0.15, -0.1) is 0 Å². The molecule has 0 aliphatic heterocycles. The minimum Gasteiger partial charge on any atom is -0.316 e. The van der Waals surface area contributed by atoms with Gasteiger partial charge in [0.15, 0.2) is 0 Å². The lowest BCUT2D eigenvalue weighted by Crippen LogP contribution is -2.22. The third-order valence-corrected chi connectivity index (χ3v) is 3.12. The molecule has 0 atom stereocenters. The molecule has 2 heteroatoms. The Hall–Kier alpha value is -0.470. The first-order chi connectivity index (χ1) is 7.29. The highest BCUT2D eigenvalue weighted by molar-refractivity contribution is 7.98. The summed E-state index contributed by atoms with van der Waals surface area (Å²) >= 11 is 2.00. The molecule has 0 saturated carbocycles. The number of rotatable bonds is 7. The molecule has 0 unspecified atom stereocenters. The maximum atomic E-state index is 3.45.